The SMILES string of the molecule is CC(C(=O)N(C)Cc1ccnn1C)n1ccc(C(=O)O)n1. The molecule has 1 unspecified atom stereocenters. The van der Waals surface area contributed by atoms with Crippen molar-refractivity contribution >= 4 is 11.9 Å². The molecular weight excluding hydrogens is 274 g/mol. The van der Waals surface area contributed by atoms with Gasteiger partial charge in [-0.25, -0.2) is 4.79 Å². The Labute approximate surface area is 121 Å². The zero-order valence-electron chi connectivity index (χ0n) is 12.1. The van der Waals surface area contributed by atoms with Gasteiger partial charge in [-0.1, -0.05) is 0 Å². The first-order valence-corrected chi connectivity index (χ1v) is 6.40. The van der Waals surface area contributed by atoms with Gasteiger partial charge in [-0.15, -0.1) is 0 Å². The molecule has 0 fully saturated rings. The van der Waals surface area contributed by atoms with Gasteiger partial charge in [-0.2, -0.15) is 10.2 Å². The van der Waals surface area contributed by atoms with Crippen LogP contribution in [0.25, 0.3) is 0 Å². The molecule has 0 aromatic carbocycles. The number of aromatic nitrogens is 4. The highest BCUT2D eigenvalue weighted by atomic mass is 16.4. The maximum Gasteiger partial charge on any atom is 0.356 e. The van der Waals surface area contributed by atoms with Crippen LogP contribution in [0.2, 0.25) is 0 Å². The van der Waals surface area contributed by atoms with Crippen molar-refractivity contribution in [1.29, 1.82) is 0 Å². The molecule has 1 amide bonds. The molecule has 21 heavy (non-hydrogen) atoms. The number of hydrogen-bond acceptors (Lipinski definition) is 4. The Hall–Kier alpha value is -2.64. The van der Waals surface area contributed by atoms with Crippen molar-refractivity contribution in [3.05, 3.63) is 35.9 Å². The number of hydrogen-bond donors (Lipinski definition) is 1. The summed E-state index contributed by atoms with van der Waals surface area (Å²) in [4.78, 5) is 24.7. The van der Waals surface area contributed by atoms with Gasteiger partial charge in [0.15, 0.2) is 5.69 Å². The zero-order valence-corrected chi connectivity index (χ0v) is 12.1. The van der Waals surface area contributed by atoms with Crippen LogP contribution in [0.1, 0.15) is 29.1 Å². The molecule has 8 heteroatoms. The minimum absolute atomic E-state index is 0.0797. The topological polar surface area (TPSA) is 93.2 Å². The Morgan fingerprint density at radius 3 is 2.67 bits per heavy atom. The summed E-state index contributed by atoms with van der Waals surface area (Å²) in [5.74, 6) is -1.27. The highest BCUT2D eigenvalue weighted by Gasteiger charge is 2.21. The van der Waals surface area contributed by atoms with Gasteiger partial charge in [-0.05, 0) is 19.1 Å². The first-order chi connectivity index (χ1) is 9.90. The van der Waals surface area contributed by atoms with Crippen LogP contribution >= 0.6 is 0 Å². The largest absolute Gasteiger partial charge is 0.476 e. The van der Waals surface area contributed by atoms with Crippen LogP contribution in [0.5, 0.6) is 0 Å². The molecule has 1 atom stereocenters. The molecule has 0 bridgehead atoms. The minimum atomic E-state index is -1.11. The lowest BCUT2D eigenvalue weighted by Crippen LogP contribution is -2.33. The Morgan fingerprint density at radius 1 is 1.43 bits per heavy atom. The van der Waals surface area contributed by atoms with Crippen LogP contribution in [0.4, 0.5) is 0 Å². The van der Waals surface area contributed by atoms with Gasteiger partial charge in [0, 0.05) is 26.5 Å². The highest BCUT2D eigenvalue weighted by Crippen LogP contribution is 2.11. The summed E-state index contributed by atoms with van der Waals surface area (Å²) in [6.45, 7) is 2.10. The molecular formula is C13H17N5O3. The molecule has 8 nitrogen and oxygen atoms in total. The second kappa shape index (κ2) is 5.78. The molecule has 0 aliphatic heterocycles. The lowest BCUT2D eigenvalue weighted by Gasteiger charge is -2.21. The number of rotatable bonds is 5. The van der Waals surface area contributed by atoms with Crippen LogP contribution in [0.3, 0.4) is 0 Å². The average molecular weight is 291 g/mol. The molecule has 0 saturated heterocycles. The average Bonchev–Trinajstić information content (AvgIpc) is 3.07. The minimum Gasteiger partial charge on any atom is -0.476 e. The third-order valence-corrected chi connectivity index (χ3v) is 3.28. The number of nitrogens with zero attached hydrogens (tertiary/aromatic N) is 5. The van der Waals surface area contributed by atoms with Crippen molar-refractivity contribution in [3.63, 3.8) is 0 Å². The molecule has 0 saturated carbocycles. The van der Waals surface area contributed by atoms with E-state index in [-0.39, 0.29) is 11.6 Å². The normalized spacial score (nSPS) is 12.1. The first-order valence-electron chi connectivity index (χ1n) is 6.40. The van der Waals surface area contributed by atoms with Crippen LogP contribution in [0, 0.1) is 0 Å². The smallest absolute Gasteiger partial charge is 0.356 e. The summed E-state index contributed by atoms with van der Waals surface area (Å²) in [5, 5.41) is 16.8. The predicted octanol–water partition coefficient (Wildman–Crippen LogP) is 0.534. The number of carboxylic acids is 1. The van der Waals surface area contributed by atoms with E-state index in [0.29, 0.717) is 6.54 Å². The van der Waals surface area contributed by atoms with Crippen molar-refractivity contribution in [3.8, 4) is 0 Å². The van der Waals surface area contributed by atoms with E-state index < -0.39 is 12.0 Å². The Morgan fingerprint density at radius 2 is 2.14 bits per heavy atom. The summed E-state index contributed by atoms with van der Waals surface area (Å²) in [7, 11) is 3.50. The van der Waals surface area contributed by atoms with E-state index in [1.165, 1.54) is 16.9 Å². The summed E-state index contributed by atoms with van der Waals surface area (Å²) >= 11 is 0. The van der Waals surface area contributed by atoms with Gasteiger partial charge in [0.2, 0.25) is 5.91 Å². The van der Waals surface area contributed by atoms with Gasteiger partial charge in [0.25, 0.3) is 0 Å². The van der Waals surface area contributed by atoms with Gasteiger partial charge in [-0.3, -0.25) is 14.2 Å². The Balaban J connectivity index is 2.07. The fourth-order valence-corrected chi connectivity index (χ4v) is 1.98. The number of aryl methyl sites for hydroxylation is 1. The maximum absolute atomic E-state index is 12.3. The van der Waals surface area contributed by atoms with Crippen LogP contribution in [0.15, 0.2) is 24.5 Å². The molecule has 1 N–H and O–H groups in total. The second-order valence-electron chi connectivity index (χ2n) is 4.80. The zero-order chi connectivity index (χ0) is 15.6. The molecule has 2 rings (SSSR count). The molecule has 2 heterocycles. The quantitative estimate of drug-likeness (QED) is 0.867. The molecule has 0 radical (unpaired) electrons. The summed E-state index contributed by atoms with van der Waals surface area (Å²) in [6, 6.07) is 2.63. The lowest BCUT2D eigenvalue weighted by molar-refractivity contribution is -0.133. The van der Waals surface area contributed by atoms with E-state index in [1.54, 1.807) is 29.7 Å². The van der Waals surface area contributed by atoms with E-state index >= 15 is 0 Å². The number of aromatic carboxylic acids is 1. The molecule has 0 aliphatic carbocycles. The molecule has 112 valence electrons. The first kappa shape index (κ1) is 14.8. The third kappa shape index (κ3) is 3.10. The number of carbonyl (C=O) groups excluding carboxylic acids is 1. The van der Waals surface area contributed by atoms with Crippen LogP contribution < -0.4 is 0 Å². The van der Waals surface area contributed by atoms with E-state index in [0.717, 1.165) is 5.69 Å². The summed E-state index contributed by atoms with van der Waals surface area (Å²) in [5.41, 5.74) is 0.827. The van der Waals surface area contributed by atoms with Crippen molar-refractivity contribution in [2.24, 2.45) is 7.05 Å². The monoisotopic (exact) mass is 291 g/mol. The fraction of sp³-hybridized carbons (Fsp3) is 0.385. The third-order valence-electron chi connectivity index (χ3n) is 3.28. The van der Waals surface area contributed by atoms with Crippen LogP contribution in [-0.2, 0) is 18.4 Å². The predicted molar refractivity (Wildman–Crippen MR) is 73.6 cm³/mol. The van der Waals surface area contributed by atoms with Crippen molar-refractivity contribution in [2.75, 3.05) is 7.05 Å². The maximum atomic E-state index is 12.3. The van der Waals surface area contributed by atoms with E-state index in [4.69, 9.17) is 5.11 Å². The van der Waals surface area contributed by atoms with E-state index in [2.05, 4.69) is 10.2 Å². The highest BCUT2D eigenvalue weighted by molar-refractivity contribution is 5.85. The van der Waals surface area contributed by atoms with Gasteiger partial charge < -0.3 is 10.0 Å². The van der Waals surface area contributed by atoms with E-state index in [1.807, 2.05) is 13.1 Å². The Kier molecular flexibility index (Phi) is 4.06. The lowest BCUT2D eigenvalue weighted by atomic mass is 10.3. The van der Waals surface area contributed by atoms with Crippen molar-refractivity contribution < 1.29 is 14.7 Å². The number of carbonyl (C=O) groups is 2. The fourth-order valence-electron chi connectivity index (χ4n) is 1.98. The van der Waals surface area contributed by atoms with Crippen LogP contribution in [-0.4, -0.2) is 48.5 Å². The van der Waals surface area contributed by atoms with Crippen molar-refractivity contribution in [2.45, 2.75) is 19.5 Å². The van der Waals surface area contributed by atoms with E-state index in [9.17, 15) is 9.59 Å². The number of amides is 1. The Bertz CT molecular complexity index is 660. The van der Waals surface area contributed by atoms with Gasteiger partial charge in [0.05, 0.1) is 12.2 Å². The number of likely N-dealkylation sites (N-methyl/N-ethyl adjacent to an activating group) is 1. The summed E-state index contributed by atoms with van der Waals surface area (Å²) in [6.07, 6.45) is 3.16. The molecule has 2 aromatic heterocycles. The van der Waals surface area contributed by atoms with Crippen molar-refractivity contribution in [1.82, 2.24) is 24.5 Å². The summed E-state index contributed by atoms with van der Waals surface area (Å²) < 4.78 is 3.05. The molecule has 2 aromatic rings. The molecule has 0 aliphatic rings. The second-order valence-corrected chi connectivity index (χ2v) is 4.80. The standard InChI is InChI=1S/C13H17N5O3/c1-9(18-7-5-11(15-18)13(20)21)12(19)16(2)8-10-4-6-14-17(10)3/h4-7,9H,8H2,1-3H3,(H,20,21). The number of carboxylic acid groups (broad SMARTS) is 1. The van der Waals surface area contributed by atoms with Gasteiger partial charge in [0.1, 0.15) is 6.04 Å². The molecule has 0 spiro atoms. The van der Waals surface area contributed by atoms with Gasteiger partial charge >= 0.3 is 5.97 Å².